The summed E-state index contributed by atoms with van der Waals surface area (Å²) < 4.78 is 0. The molecule has 5 heteroatoms. The van der Waals surface area contributed by atoms with Gasteiger partial charge in [0.1, 0.15) is 0 Å². The number of nitrogens with zero attached hydrogens (tertiary/aromatic N) is 1. The standard InChI is InChI=1S/C18H18N2OS2/c1-12-6-3-4-7-15(12)18(16-8-5-9-22-16)20-17(21)10-14-11-23-13(2)19-14/h3-9,11,18H,10H2,1-2H3,(H,20,21)/t18-/m1/s1. The predicted octanol–water partition coefficient (Wildman–Crippen LogP) is 4.27. The van der Waals surface area contributed by atoms with Gasteiger partial charge in [-0.1, -0.05) is 30.3 Å². The van der Waals surface area contributed by atoms with Gasteiger partial charge in [0.15, 0.2) is 0 Å². The molecule has 0 radical (unpaired) electrons. The number of amides is 1. The molecule has 1 N–H and O–H groups in total. The molecule has 3 rings (SSSR count). The monoisotopic (exact) mass is 342 g/mol. The maximum absolute atomic E-state index is 12.5. The highest BCUT2D eigenvalue weighted by Gasteiger charge is 2.20. The Morgan fingerprint density at radius 3 is 2.65 bits per heavy atom. The number of thiophene rings is 1. The van der Waals surface area contributed by atoms with Crippen LogP contribution in [0.25, 0.3) is 0 Å². The van der Waals surface area contributed by atoms with Crippen LogP contribution < -0.4 is 5.32 Å². The summed E-state index contributed by atoms with van der Waals surface area (Å²) in [6.45, 7) is 4.03. The number of aryl methyl sites for hydroxylation is 2. The summed E-state index contributed by atoms with van der Waals surface area (Å²) >= 11 is 3.23. The van der Waals surface area contributed by atoms with Crippen LogP contribution in [0.3, 0.4) is 0 Å². The van der Waals surface area contributed by atoms with E-state index in [0.29, 0.717) is 6.42 Å². The van der Waals surface area contributed by atoms with E-state index in [2.05, 4.69) is 35.4 Å². The number of carbonyl (C=O) groups is 1. The first-order chi connectivity index (χ1) is 11.1. The van der Waals surface area contributed by atoms with E-state index in [1.807, 2.05) is 35.9 Å². The lowest BCUT2D eigenvalue weighted by Gasteiger charge is -2.20. The van der Waals surface area contributed by atoms with Crippen molar-refractivity contribution in [1.29, 1.82) is 0 Å². The van der Waals surface area contributed by atoms with E-state index in [9.17, 15) is 4.79 Å². The molecule has 0 aliphatic carbocycles. The normalized spacial score (nSPS) is 12.1. The second kappa shape index (κ2) is 7.06. The lowest BCUT2D eigenvalue weighted by Crippen LogP contribution is -2.30. The molecule has 1 amide bonds. The highest BCUT2D eigenvalue weighted by Crippen LogP contribution is 2.28. The van der Waals surface area contributed by atoms with Crippen LogP contribution in [0.1, 0.15) is 32.7 Å². The van der Waals surface area contributed by atoms with Crippen LogP contribution in [0.5, 0.6) is 0 Å². The zero-order chi connectivity index (χ0) is 16.2. The molecule has 2 heterocycles. The van der Waals surface area contributed by atoms with Crippen LogP contribution in [0, 0.1) is 13.8 Å². The van der Waals surface area contributed by atoms with E-state index in [1.54, 1.807) is 22.7 Å². The molecule has 0 saturated carbocycles. The quantitative estimate of drug-likeness (QED) is 0.752. The first-order valence-electron chi connectivity index (χ1n) is 7.43. The second-order valence-electron chi connectivity index (χ2n) is 5.41. The topological polar surface area (TPSA) is 42.0 Å². The third-order valence-corrected chi connectivity index (χ3v) is 5.40. The number of rotatable bonds is 5. The molecule has 0 aliphatic rings. The molecule has 2 aromatic heterocycles. The lowest BCUT2D eigenvalue weighted by molar-refractivity contribution is -0.121. The van der Waals surface area contributed by atoms with Gasteiger partial charge >= 0.3 is 0 Å². The number of carbonyl (C=O) groups excluding carboxylic acids is 1. The minimum absolute atomic E-state index is 0.00282. The van der Waals surface area contributed by atoms with Gasteiger partial charge in [-0.15, -0.1) is 22.7 Å². The number of hydrogen-bond donors (Lipinski definition) is 1. The van der Waals surface area contributed by atoms with Crippen LogP contribution in [-0.4, -0.2) is 10.9 Å². The number of hydrogen-bond acceptors (Lipinski definition) is 4. The molecule has 0 saturated heterocycles. The highest BCUT2D eigenvalue weighted by molar-refractivity contribution is 7.10. The molecule has 0 spiro atoms. The summed E-state index contributed by atoms with van der Waals surface area (Å²) in [6, 6.07) is 12.2. The van der Waals surface area contributed by atoms with Crippen molar-refractivity contribution in [3.63, 3.8) is 0 Å². The van der Waals surface area contributed by atoms with E-state index in [-0.39, 0.29) is 11.9 Å². The van der Waals surface area contributed by atoms with Gasteiger partial charge in [0, 0.05) is 10.3 Å². The van der Waals surface area contributed by atoms with Gasteiger partial charge in [-0.3, -0.25) is 4.79 Å². The fraction of sp³-hybridized carbons (Fsp3) is 0.222. The van der Waals surface area contributed by atoms with Crippen LogP contribution >= 0.6 is 22.7 Å². The molecule has 0 aliphatic heterocycles. The SMILES string of the molecule is Cc1nc(CC(=O)N[C@@H](c2cccs2)c2ccccc2C)cs1. The average Bonchev–Trinajstić information content (AvgIpc) is 3.18. The average molecular weight is 342 g/mol. The Labute approximate surface area is 144 Å². The van der Waals surface area contributed by atoms with Crippen molar-refractivity contribution in [2.45, 2.75) is 26.3 Å². The maximum Gasteiger partial charge on any atom is 0.226 e. The number of benzene rings is 1. The van der Waals surface area contributed by atoms with E-state index in [0.717, 1.165) is 21.1 Å². The summed E-state index contributed by atoms with van der Waals surface area (Å²) in [5.41, 5.74) is 3.15. The van der Waals surface area contributed by atoms with Gasteiger partial charge in [0.2, 0.25) is 5.91 Å². The predicted molar refractivity (Wildman–Crippen MR) is 96.0 cm³/mol. The summed E-state index contributed by atoms with van der Waals surface area (Å²) in [5, 5.41) is 8.14. The molecule has 118 valence electrons. The summed E-state index contributed by atoms with van der Waals surface area (Å²) in [6.07, 6.45) is 0.318. The molecule has 1 aromatic carbocycles. The van der Waals surface area contributed by atoms with Gasteiger partial charge in [0.25, 0.3) is 0 Å². The molecule has 3 aromatic rings. The highest BCUT2D eigenvalue weighted by atomic mass is 32.1. The zero-order valence-electron chi connectivity index (χ0n) is 13.1. The number of aromatic nitrogens is 1. The molecule has 3 nitrogen and oxygen atoms in total. The van der Waals surface area contributed by atoms with Crippen LogP contribution in [0.2, 0.25) is 0 Å². The van der Waals surface area contributed by atoms with Gasteiger partial charge in [0.05, 0.1) is 23.2 Å². The molecular formula is C18H18N2OS2. The first kappa shape index (κ1) is 15.9. The molecule has 23 heavy (non-hydrogen) atoms. The third-order valence-electron chi connectivity index (χ3n) is 3.64. The molecular weight excluding hydrogens is 324 g/mol. The van der Waals surface area contributed by atoms with Crippen molar-refractivity contribution in [3.8, 4) is 0 Å². The van der Waals surface area contributed by atoms with Crippen molar-refractivity contribution in [2.24, 2.45) is 0 Å². The Morgan fingerprint density at radius 1 is 1.17 bits per heavy atom. The maximum atomic E-state index is 12.5. The number of nitrogens with one attached hydrogen (secondary N) is 1. The molecule has 1 atom stereocenters. The van der Waals surface area contributed by atoms with E-state index in [4.69, 9.17) is 0 Å². The summed E-state index contributed by atoms with van der Waals surface area (Å²) in [5.74, 6) is -0.00282. The van der Waals surface area contributed by atoms with Crippen molar-refractivity contribution in [1.82, 2.24) is 10.3 Å². The summed E-state index contributed by atoms with van der Waals surface area (Å²) in [7, 11) is 0. The van der Waals surface area contributed by atoms with Crippen molar-refractivity contribution < 1.29 is 4.79 Å². The fourth-order valence-corrected chi connectivity index (χ4v) is 3.94. The van der Waals surface area contributed by atoms with Crippen LogP contribution in [0.4, 0.5) is 0 Å². The van der Waals surface area contributed by atoms with Gasteiger partial charge in [-0.05, 0) is 36.4 Å². The Balaban J connectivity index is 1.82. The fourth-order valence-electron chi connectivity index (χ4n) is 2.53. The lowest BCUT2D eigenvalue weighted by atomic mass is 10.00. The smallest absolute Gasteiger partial charge is 0.226 e. The molecule has 0 bridgehead atoms. The Kier molecular flexibility index (Phi) is 4.88. The Hall–Kier alpha value is -1.98. The van der Waals surface area contributed by atoms with Crippen LogP contribution in [0.15, 0.2) is 47.2 Å². The summed E-state index contributed by atoms with van der Waals surface area (Å²) in [4.78, 5) is 18.0. The Morgan fingerprint density at radius 2 is 2.00 bits per heavy atom. The largest absolute Gasteiger partial charge is 0.344 e. The number of thiazole rings is 1. The van der Waals surface area contributed by atoms with Crippen LogP contribution in [-0.2, 0) is 11.2 Å². The Bertz CT molecular complexity index is 793. The van der Waals surface area contributed by atoms with E-state index < -0.39 is 0 Å². The van der Waals surface area contributed by atoms with Gasteiger partial charge in [-0.2, -0.15) is 0 Å². The molecule has 0 unspecified atom stereocenters. The van der Waals surface area contributed by atoms with Crippen molar-refractivity contribution >= 4 is 28.6 Å². The van der Waals surface area contributed by atoms with Gasteiger partial charge in [-0.25, -0.2) is 4.98 Å². The van der Waals surface area contributed by atoms with Crippen molar-refractivity contribution in [3.05, 3.63) is 73.9 Å². The minimum Gasteiger partial charge on any atom is -0.344 e. The first-order valence-corrected chi connectivity index (χ1v) is 9.18. The molecule has 0 fully saturated rings. The zero-order valence-corrected chi connectivity index (χ0v) is 14.7. The third kappa shape index (κ3) is 3.86. The van der Waals surface area contributed by atoms with E-state index >= 15 is 0 Å². The van der Waals surface area contributed by atoms with Gasteiger partial charge < -0.3 is 5.32 Å². The van der Waals surface area contributed by atoms with E-state index in [1.165, 1.54) is 5.56 Å². The minimum atomic E-state index is -0.108. The second-order valence-corrected chi connectivity index (χ2v) is 7.45. The van der Waals surface area contributed by atoms with Crippen molar-refractivity contribution in [2.75, 3.05) is 0 Å².